The summed E-state index contributed by atoms with van der Waals surface area (Å²) < 4.78 is 31.3. The van der Waals surface area contributed by atoms with Gasteiger partial charge in [0.2, 0.25) is 0 Å². The first-order valence-electron chi connectivity index (χ1n) is 4.91. The molecule has 0 aromatic carbocycles. The van der Waals surface area contributed by atoms with Crippen molar-refractivity contribution in [1.82, 2.24) is 4.98 Å². The molecule has 0 aliphatic carbocycles. The van der Waals surface area contributed by atoms with E-state index in [0.717, 1.165) is 12.5 Å². The lowest BCUT2D eigenvalue weighted by Gasteiger charge is -2.08. The number of anilines is 1. The maximum absolute atomic E-state index is 13.1. The molecule has 0 aliphatic rings. The van der Waals surface area contributed by atoms with Gasteiger partial charge in [0, 0.05) is 12.6 Å². The van der Waals surface area contributed by atoms with Crippen LogP contribution < -0.4 is 10.1 Å². The second kappa shape index (κ2) is 5.48. The Balaban J connectivity index is 2.90. The van der Waals surface area contributed by atoms with Gasteiger partial charge in [0.25, 0.3) is 5.88 Å². The van der Waals surface area contributed by atoms with Crippen LogP contribution in [0, 0.1) is 11.6 Å². The number of aromatic nitrogens is 1. The molecule has 0 aliphatic heterocycles. The van der Waals surface area contributed by atoms with Crippen LogP contribution in [0.5, 0.6) is 5.88 Å². The van der Waals surface area contributed by atoms with E-state index in [9.17, 15) is 8.78 Å². The zero-order valence-electron chi connectivity index (χ0n) is 8.81. The molecule has 0 saturated carbocycles. The van der Waals surface area contributed by atoms with Crippen LogP contribution in [-0.2, 0) is 0 Å². The Bertz CT molecular complexity index is 331. The third-order valence-electron chi connectivity index (χ3n) is 1.68. The molecule has 1 heterocycles. The van der Waals surface area contributed by atoms with Crippen molar-refractivity contribution in [3.8, 4) is 5.88 Å². The zero-order valence-corrected chi connectivity index (χ0v) is 8.81. The highest BCUT2D eigenvalue weighted by Gasteiger charge is 2.11. The maximum Gasteiger partial charge on any atom is 0.252 e. The number of rotatable bonds is 5. The number of hydrogen-bond acceptors (Lipinski definition) is 3. The van der Waals surface area contributed by atoms with E-state index in [4.69, 9.17) is 4.74 Å². The Morgan fingerprint density at radius 1 is 1.33 bits per heavy atom. The van der Waals surface area contributed by atoms with E-state index < -0.39 is 11.6 Å². The van der Waals surface area contributed by atoms with Gasteiger partial charge in [-0.1, -0.05) is 6.92 Å². The minimum atomic E-state index is -0.775. The standard InChI is InChI=1S/C10H14F2N2O/c1-3-5-15-10-8(12)6-7(11)9(14-10)13-4-2/h6H,3-5H2,1-2H3,(H,13,14). The molecule has 0 atom stereocenters. The molecule has 0 radical (unpaired) electrons. The van der Waals surface area contributed by atoms with Crippen LogP contribution in [0.1, 0.15) is 20.3 Å². The van der Waals surface area contributed by atoms with Gasteiger partial charge in [-0.25, -0.2) is 8.78 Å². The summed E-state index contributed by atoms with van der Waals surface area (Å²) in [7, 11) is 0. The Labute approximate surface area is 87.5 Å². The van der Waals surface area contributed by atoms with Gasteiger partial charge in [-0.3, -0.25) is 0 Å². The number of nitrogens with one attached hydrogen (secondary N) is 1. The molecule has 0 unspecified atom stereocenters. The van der Waals surface area contributed by atoms with Crippen LogP contribution in [0.2, 0.25) is 0 Å². The summed E-state index contributed by atoms with van der Waals surface area (Å²) >= 11 is 0. The van der Waals surface area contributed by atoms with E-state index in [0.29, 0.717) is 13.2 Å². The van der Waals surface area contributed by atoms with Gasteiger partial charge in [0.05, 0.1) is 6.61 Å². The van der Waals surface area contributed by atoms with E-state index >= 15 is 0 Å². The van der Waals surface area contributed by atoms with Crippen LogP contribution in [0.25, 0.3) is 0 Å². The van der Waals surface area contributed by atoms with Gasteiger partial charge in [0.15, 0.2) is 17.5 Å². The smallest absolute Gasteiger partial charge is 0.252 e. The Morgan fingerprint density at radius 2 is 2.07 bits per heavy atom. The summed E-state index contributed by atoms with van der Waals surface area (Å²) in [6.45, 7) is 4.58. The molecule has 0 spiro atoms. The van der Waals surface area contributed by atoms with Gasteiger partial charge in [0.1, 0.15) is 0 Å². The fraction of sp³-hybridized carbons (Fsp3) is 0.500. The van der Waals surface area contributed by atoms with Gasteiger partial charge < -0.3 is 10.1 Å². The van der Waals surface area contributed by atoms with Crippen LogP contribution in [0.4, 0.5) is 14.6 Å². The van der Waals surface area contributed by atoms with Crippen molar-refractivity contribution >= 4 is 5.82 Å². The molecule has 1 aromatic rings. The molecular weight excluding hydrogens is 202 g/mol. The average molecular weight is 216 g/mol. The lowest BCUT2D eigenvalue weighted by molar-refractivity contribution is 0.287. The van der Waals surface area contributed by atoms with E-state index in [-0.39, 0.29) is 11.7 Å². The minimum Gasteiger partial charge on any atom is -0.476 e. The molecule has 0 bridgehead atoms. The molecule has 5 heteroatoms. The summed E-state index contributed by atoms with van der Waals surface area (Å²) in [5.74, 6) is -1.62. The van der Waals surface area contributed by atoms with Crippen molar-refractivity contribution in [2.75, 3.05) is 18.5 Å². The molecule has 1 N–H and O–H groups in total. The van der Waals surface area contributed by atoms with Crippen LogP contribution >= 0.6 is 0 Å². The fourth-order valence-corrected chi connectivity index (χ4v) is 1.04. The number of pyridine rings is 1. The SMILES string of the molecule is CCCOc1nc(NCC)c(F)cc1F. The molecule has 1 aromatic heterocycles. The molecule has 0 fully saturated rings. The quantitative estimate of drug-likeness (QED) is 0.821. The van der Waals surface area contributed by atoms with Crippen molar-refractivity contribution in [2.45, 2.75) is 20.3 Å². The molecule has 15 heavy (non-hydrogen) atoms. The van der Waals surface area contributed by atoms with Crippen molar-refractivity contribution < 1.29 is 13.5 Å². The van der Waals surface area contributed by atoms with Gasteiger partial charge in [-0.05, 0) is 13.3 Å². The highest BCUT2D eigenvalue weighted by Crippen LogP contribution is 2.20. The summed E-state index contributed by atoms with van der Waals surface area (Å²) in [6.07, 6.45) is 0.745. The maximum atomic E-state index is 13.1. The topological polar surface area (TPSA) is 34.1 Å². The number of hydrogen-bond donors (Lipinski definition) is 1. The minimum absolute atomic E-state index is 0.0185. The largest absolute Gasteiger partial charge is 0.476 e. The third kappa shape index (κ3) is 3.04. The van der Waals surface area contributed by atoms with Gasteiger partial charge in [-0.2, -0.15) is 4.98 Å². The summed E-state index contributed by atoms with van der Waals surface area (Å²) in [5.41, 5.74) is 0. The summed E-state index contributed by atoms with van der Waals surface area (Å²) in [4.78, 5) is 3.72. The lowest BCUT2D eigenvalue weighted by Crippen LogP contribution is -2.06. The van der Waals surface area contributed by atoms with Crippen molar-refractivity contribution in [1.29, 1.82) is 0 Å². The van der Waals surface area contributed by atoms with E-state index in [1.807, 2.05) is 6.92 Å². The van der Waals surface area contributed by atoms with E-state index in [2.05, 4.69) is 10.3 Å². The first kappa shape index (κ1) is 11.7. The summed E-state index contributed by atoms with van der Waals surface area (Å²) in [5, 5.41) is 2.69. The Kier molecular flexibility index (Phi) is 4.27. The molecule has 3 nitrogen and oxygen atoms in total. The monoisotopic (exact) mass is 216 g/mol. The average Bonchev–Trinajstić information content (AvgIpc) is 2.20. The van der Waals surface area contributed by atoms with E-state index in [1.54, 1.807) is 6.92 Å². The first-order valence-corrected chi connectivity index (χ1v) is 4.91. The molecule has 1 rings (SSSR count). The second-order valence-electron chi connectivity index (χ2n) is 2.98. The van der Waals surface area contributed by atoms with Crippen molar-refractivity contribution in [3.05, 3.63) is 17.7 Å². The fourth-order valence-electron chi connectivity index (χ4n) is 1.04. The number of nitrogens with zero attached hydrogens (tertiary/aromatic N) is 1. The van der Waals surface area contributed by atoms with Crippen LogP contribution in [0.3, 0.4) is 0 Å². The highest BCUT2D eigenvalue weighted by molar-refractivity contribution is 5.39. The van der Waals surface area contributed by atoms with Crippen molar-refractivity contribution in [2.24, 2.45) is 0 Å². The molecule has 0 saturated heterocycles. The Hall–Kier alpha value is -1.39. The highest BCUT2D eigenvalue weighted by atomic mass is 19.1. The second-order valence-corrected chi connectivity index (χ2v) is 2.98. The summed E-state index contributed by atoms with van der Waals surface area (Å²) in [6, 6.07) is 0.774. The normalized spacial score (nSPS) is 10.1. The predicted octanol–water partition coefficient (Wildman–Crippen LogP) is 2.58. The predicted molar refractivity (Wildman–Crippen MR) is 54.1 cm³/mol. The van der Waals surface area contributed by atoms with Gasteiger partial charge in [-0.15, -0.1) is 0 Å². The van der Waals surface area contributed by atoms with Crippen LogP contribution in [-0.4, -0.2) is 18.1 Å². The van der Waals surface area contributed by atoms with Gasteiger partial charge >= 0.3 is 0 Å². The van der Waals surface area contributed by atoms with E-state index in [1.165, 1.54) is 0 Å². The van der Waals surface area contributed by atoms with Crippen LogP contribution in [0.15, 0.2) is 6.07 Å². The van der Waals surface area contributed by atoms with Crippen molar-refractivity contribution in [3.63, 3.8) is 0 Å². The first-order chi connectivity index (χ1) is 7.19. The lowest BCUT2D eigenvalue weighted by atomic mass is 10.4. The zero-order chi connectivity index (χ0) is 11.3. The number of halogens is 2. The third-order valence-corrected chi connectivity index (χ3v) is 1.68. The molecule has 84 valence electrons. The molecular formula is C10H14F2N2O. The Morgan fingerprint density at radius 3 is 2.67 bits per heavy atom. The number of ether oxygens (including phenoxy) is 1. The molecule has 0 amide bonds.